The van der Waals surface area contributed by atoms with E-state index in [0.717, 1.165) is 38.6 Å². The van der Waals surface area contributed by atoms with Crippen molar-refractivity contribution >= 4 is 5.96 Å². The molecule has 0 bridgehead atoms. The van der Waals surface area contributed by atoms with Crippen LogP contribution in [0.3, 0.4) is 0 Å². The van der Waals surface area contributed by atoms with Crippen molar-refractivity contribution in [2.75, 3.05) is 26.3 Å². The van der Waals surface area contributed by atoms with Crippen LogP contribution >= 0.6 is 0 Å². The molecule has 0 aromatic heterocycles. The van der Waals surface area contributed by atoms with Crippen LogP contribution in [0.2, 0.25) is 0 Å². The topological polar surface area (TPSA) is 59.6 Å². The van der Waals surface area contributed by atoms with Gasteiger partial charge in [-0.1, -0.05) is 26.2 Å². The molecule has 0 amide bonds. The first kappa shape index (κ1) is 14.3. The van der Waals surface area contributed by atoms with Crippen molar-refractivity contribution in [1.82, 2.24) is 5.32 Å². The molecule has 3 N–H and O–H groups in total. The zero-order chi connectivity index (χ0) is 12.3. The lowest BCUT2D eigenvalue weighted by Gasteiger charge is -2.06. The van der Waals surface area contributed by atoms with Gasteiger partial charge in [0.2, 0.25) is 0 Å². The Kier molecular flexibility index (Phi) is 7.80. The molecule has 17 heavy (non-hydrogen) atoms. The molecule has 0 spiro atoms. The predicted molar refractivity (Wildman–Crippen MR) is 72.2 cm³/mol. The maximum atomic E-state index is 5.73. The van der Waals surface area contributed by atoms with Gasteiger partial charge in [0, 0.05) is 19.7 Å². The summed E-state index contributed by atoms with van der Waals surface area (Å²) in [6.07, 6.45) is 7.61. The summed E-state index contributed by atoms with van der Waals surface area (Å²) < 4.78 is 5.49. The summed E-state index contributed by atoms with van der Waals surface area (Å²) in [7, 11) is 0. The molecule has 0 unspecified atom stereocenters. The second-order valence-corrected chi connectivity index (χ2v) is 4.77. The van der Waals surface area contributed by atoms with Gasteiger partial charge in [0.1, 0.15) is 0 Å². The maximum Gasteiger partial charge on any atom is 0.188 e. The summed E-state index contributed by atoms with van der Waals surface area (Å²) in [6, 6.07) is 0. The first-order chi connectivity index (χ1) is 8.33. The van der Waals surface area contributed by atoms with Crippen LogP contribution in [0.15, 0.2) is 4.99 Å². The highest BCUT2D eigenvalue weighted by atomic mass is 16.5. The van der Waals surface area contributed by atoms with E-state index >= 15 is 0 Å². The number of nitrogens with one attached hydrogen (secondary N) is 1. The molecule has 4 heteroatoms. The van der Waals surface area contributed by atoms with E-state index in [1.807, 2.05) is 0 Å². The maximum absolute atomic E-state index is 5.73. The Bertz CT molecular complexity index is 215. The number of rotatable bonds is 10. The quantitative estimate of drug-likeness (QED) is 0.349. The molecule has 1 rings (SSSR count). The molecule has 1 fully saturated rings. The largest absolute Gasteiger partial charge is 0.379 e. The third-order valence-electron chi connectivity index (χ3n) is 2.90. The molecule has 4 nitrogen and oxygen atoms in total. The Hall–Kier alpha value is -0.770. The molecule has 0 aliphatic heterocycles. The molecule has 0 radical (unpaired) electrons. The highest BCUT2D eigenvalue weighted by molar-refractivity contribution is 5.77. The van der Waals surface area contributed by atoms with E-state index < -0.39 is 0 Å². The van der Waals surface area contributed by atoms with Gasteiger partial charge in [0.05, 0.1) is 6.61 Å². The Balaban J connectivity index is 1.84. The molecule has 1 saturated carbocycles. The number of aliphatic imine (C=N–C) groups is 1. The fourth-order valence-corrected chi connectivity index (χ4v) is 1.58. The van der Waals surface area contributed by atoms with Crippen molar-refractivity contribution in [3.63, 3.8) is 0 Å². The van der Waals surface area contributed by atoms with Crippen LogP contribution in [-0.4, -0.2) is 32.3 Å². The fraction of sp³-hybridized carbons (Fsp3) is 0.923. The highest BCUT2D eigenvalue weighted by Gasteiger charge is 2.20. The zero-order valence-electron chi connectivity index (χ0n) is 11.1. The monoisotopic (exact) mass is 241 g/mol. The molecule has 1 aliphatic rings. The van der Waals surface area contributed by atoms with Gasteiger partial charge in [-0.25, -0.2) is 0 Å². The Morgan fingerprint density at radius 3 is 2.88 bits per heavy atom. The lowest BCUT2D eigenvalue weighted by molar-refractivity contribution is 0.129. The summed E-state index contributed by atoms with van der Waals surface area (Å²) in [4.78, 5) is 4.27. The van der Waals surface area contributed by atoms with Crippen molar-refractivity contribution in [2.45, 2.75) is 45.4 Å². The Morgan fingerprint density at radius 1 is 1.35 bits per heavy atom. The summed E-state index contributed by atoms with van der Waals surface area (Å²) in [5.74, 6) is 1.39. The van der Waals surface area contributed by atoms with Crippen LogP contribution < -0.4 is 11.1 Å². The average Bonchev–Trinajstić information content (AvgIpc) is 3.12. The van der Waals surface area contributed by atoms with E-state index in [1.165, 1.54) is 32.1 Å². The van der Waals surface area contributed by atoms with Crippen molar-refractivity contribution in [1.29, 1.82) is 0 Å². The van der Waals surface area contributed by atoms with E-state index in [9.17, 15) is 0 Å². The normalized spacial score (nSPS) is 16.2. The lowest BCUT2D eigenvalue weighted by atomic mass is 10.2. The summed E-state index contributed by atoms with van der Waals surface area (Å²) >= 11 is 0. The number of nitrogens with two attached hydrogens (primary N) is 1. The number of nitrogens with zero attached hydrogens (tertiary/aromatic N) is 1. The van der Waals surface area contributed by atoms with Gasteiger partial charge in [0.25, 0.3) is 0 Å². The number of hydrogen-bond donors (Lipinski definition) is 2. The molecular formula is C13H27N3O. The average molecular weight is 241 g/mol. The lowest BCUT2D eigenvalue weighted by Crippen LogP contribution is -2.34. The Labute approximate surface area is 105 Å². The minimum absolute atomic E-state index is 0.552. The number of unbranched alkanes of at least 4 members (excludes halogenated alkanes) is 3. The smallest absolute Gasteiger partial charge is 0.188 e. The Morgan fingerprint density at radius 2 is 2.18 bits per heavy atom. The van der Waals surface area contributed by atoms with Gasteiger partial charge in [0.15, 0.2) is 5.96 Å². The molecule has 0 atom stereocenters. The second-order valence-electron chi connectivity index (χ2n) is 4.77. The number of hydrogen-bond acceptors (Lipinski definition) is 2. The molecular weight excluding hydrogens is 214 g/mol. The van der Waals surface area contributed by atoms with Crippen LogP contribution in [0.1, 0.15) is 45.4 Å². The van der Waals surface area contributed by atoms with Crippen molar-refractivity contribution in [3.8, 4) is 0 Å². The van der Waals surface area contributed by atoms with Gasteiger partial charge < -0.3 is 15.8 Å². The molecule has 100 valence electrons. The van der Waals surface area contributed by atoms with Crippen LogP contribution in [0.5, 0.6) is 0 Å². The minimum Gasteiger partial charge on any atom is -0.379 e. The number of ether oxygens (including phenoxy) is 1. The predicted octanol–water partition coefficient (Wildman–Crippen LogP) is 1.90. The molecule has 0 aromatic rings. The zero-order valence-corrected chi connectivity index (χ0v) is 11.1. The van der Waals surface area contributed by atoms with Crippen molar-refractivity contribution in [2.24, 2.45) is 16.6 Å². The first-order valence-corrected chi connectivity index (χ1v) is 6.94. The number of guanidine groups is 1. The standard InChI is InChI=1S/C13H27N3O/c1-2-3-4-5-8-15-13(14)16-9-10-17-11-12-6-7-12/h12H,2-11H2,1H3,(H3,14,15,16). The third kappa shape index (κ3) is 8.98. The second kappa shape index (κ2) is 9.28. The SMILES string of the molecule is CCCCCCN=C(N)NCCOCC1CC1. The van der Waals surface area contributed by atoms with Crippen LogP contribution in [0, 0.1) is 5.92 Å². The first-order valence-electron chi connectivity index (χ1n) is 6.94. The van der Waals surface area contributed by atoms with Gasteiger partial charge in [-0.3, -0.25) is 4.99 Å². The van der Waals surface area contributed by atoms with E-state index in [4.69, 9.17) is 10.5 Å². The van der Waals surface area contributed by atoms with E-state index in [1.54, 1.807) is 0 Å². The summed E-state index contributed by atoms with van der Waals surface area (Å²) in [6.45, 7) is 5.44. The fourth-order valence-electron chi connectivity index (χ4n) is 1.58. The van der Waals surface area contributed by atoms with Crippen molar-refractivity contribution < 1.29 is 4.74 Å². The van der Waals surface area contributed by atoms with Crippen molar-refractivity contribution in [3.05, 3.63) is 0 Å². The summed E-state index contributed by atoms with van der Waals surface area (Å²) in [5.41, 5.74) is 5.73. The molecule has 0 heterocycles. The van der Waals surface area contributed by atoms with Crippen LogP contribution in [0.4, 0.5) is 0 Å². The van der Waals surface area contributed by atoms with E-state index in [2.05, 4.69) is 17.2 Å². The van der Waals surface area contributed by atoms with Gasteiger partial charge in [-0.15, -0.1) is 0 Å². The van der Waals surface area contributed by atoms with E-state index in [0.29, 0.717) is 5.96 Å². The van der Waals surface area contributed by atoms with Gasteiger partial charge >= 0.3 is 0 Å². The molecule has 0 aromatic carbocycles. The van der Waals surface area contributed by atoms with Crippen LogP contribution in [-0.2, 0) is 4.74 Å². The molecule has 1 aliphatic carbocycles. The third-order valence-corrected chi connectivity index (χ3v) is 2.90. The minimum atomic E-state index is 0.552. The summed E-state index contributed by atoms with van der Waals surface area (Å²) in [5, 5.41) is 3.07. The highest BCUT2D eigenvalue weighted by Crippen LogP contribution is 2.28. The van der Waals surface area contributed by atoms with Gasteiger partial charge in [-0.2, -0.15) is 0 Å². The molecule has 0 saturated heterocycles. The van der Waals surface area contributed by atoms with E-state index in [-0.39, 0.29) is 0 Å². The van der Waals surface area contributed by atoms with Gasteiger partial charge in [-0.05, 0) is 25.2 Å². The van der Waals surface area contributed by atoms with Crippen LogP contribution in [0.25, 0.3) is 0 Å².